The van der Waals surface area contributed by atoms with Crippen LogP contribution in [0.3, 0.4) is 0 Å². The average Bonchev–Trinajstić information content (AvgIpc) is 2.25. The van der Waals surface area contributed by atoms with Gasteiger partial charge in [0.25, 0.3) is 0 Å². The molecule has 0 saturated carbocycles. The summed E-state index contributed by atoms with van der Waals surface area (Å²) in [6.07, 6.45) is 3.45. The van der Waals surface area contributed by atoms with Crippen LogP contribution >= 0.6 is 0 Å². The number of hydrogen-bond donors (Lipinski definition) is 2. The minimum Gasteiger partial charge on any atom is -0.481 e. The van der Waals surface area contributed by atoms with Crippen LogP contribution in [0.4, 0.5) is 0 Å². The van der Waals surface area contributed by atoms with E-state index in [4.69, 9.17) is 5.11 Å². The van der Waals surface area contributed by atoms with E-state index in [-0.39, 0.29) is 0 Å². The third kappa shape index (κ3) is 4.62. The largest absolute Gasteiger partial charge is 0.481 e. The third-order valence-electron chi connectivity index (χ3n) is 3.07. The van der Waals surface area contributed by atoms with E-state index in [2.05, 4.69) is 17.1 Å². The smallest absolute Gasteiger partial charge is 0.303 e. The molecule has 15 heavy (non-hydrogen) atoms. The second-order valence-corrected chi connectivity index (χ2v) is 4.11. The predicted molar refractivity (Wildman–Crippen MR) is 60.0 cm³/mol. The van der Waals surface area contributed by atoms with E-state index in [0.717, 1.165) is 32.6 Å². The van der Waals surface area contributed by atoms with Gasteiger partial charge in [-0.25, -0.2) is 0 Å². The number of rotatable bonds is 6. The number of nitrogens with one attached hydrogen (secondary N) is 1. The fraction of sp³-hybridized carbons (Fsp3) is 0.909. The van der Waals surface area contributed by atoms with Crippen molar-refractivity contribution < 1.29 is 9.90 Å². The molecule has 4 heteroatoms. The van der Waals surface area contributed by atoms with Gasteiger partial charge in [0.05, 0.1) is 0 Å². The number of carboxylic acid groups (broad SMARTS) is 1. The maximum absolute atomic E-state index is 10.4. The highest BCUT2D eigenvalue weighted by atomic mass is 16.4. The van der Waals surface area contributed by atoms with Crippen molar-refractivity contribution in [1.29, 1.82) is 0 Å². The van der Waals surface area contributed by atoms with E-state index in [1.54, 1.807) is 0 Å². The van der Waals surface area contributed by atoms with Crippen molar-refractivity contribution in [2.75, 3.05) is 26.2 Å². The highest BCUT2D eigenvalue weighted by molar-refractivity contribution is 5.66. The number of nitrogens with zero attached hydrogens (tertiary/aromatic N) is 1. The number of piperidine rings is 1. The summed E-state index contributed by atoms with van der Waals surface area (Å²) in [5.74, 6) is -0.684. The number of hydrogen-bond acceptors (Lipinski definition) is 3. The van der Waals surface area contributed by atoms with Crippen LogP contribution in [-0.2, 0) is 4.79 Å². The Kier molecular flexibility index (Phi) is 5.65. The van der Waals surface area contributed by atoms with Crippen molar-refractivity contribution in [3.8, 4) is 0 Å². The van der Waals surface area contributed by atoms with Gasteiger partial charge in [-0.3, -0.25) is 4.79 Å². The molecule has 0 radical (unpaired) electrons. The van der Waals surface area contributed by atoms with Gasteiger partial charge in [0.1, 0.15) is 0 Å². The maximum atomic E-state index is 10.4. The first-order valence-electron chi connectivity index (χ1n) is 5.90. The minimum atomic E-state index is -0.684. The van der Waals surface area contributed by atoms with Crippen molar-refractivity contribution in [3.05, 3.63) is 0 Å². The molecule has 0 aromatic rings. The lowest BCUT2D eigenvalue weighted by molar-refractivity contribution is -0.137. The predicted octanol–water partition coefficient (Wildman–Crippen LogP) is 0.925. The zero-order chi connectivity index (χ0) is 11.1. The summed E-state index contributed by atoms with van der Waals surface area (Å²) in [5.41, 5.74) is 0. The molecule has 2 N–H and O–H groups in total. The summed E-state index contributed by atoms with van der Waals surface area (Å²) in [4.78, 5) is 12.8. The van der Waals surface area contributed by atoms with Gasteiger partial charge in [0.2, 0.25) is 0 Å². The molecule has 88 valence electrons. The standard InChI is InChI=1S/C11H22N2O2/c1-2-13(9-3-4-11(14)15)10-5-7-12-8-6-10/h10,12H,2-9H2,1H3,(H,14,15). The third-order valence-corrected chi connectivity index (χ3v) is 3.07. The molecule has 0 aliphatic carbocycles. The summed E-state index contributed by atoms with van der Waals surface area (Å²) in [5, 5.41) is 11.9. The summed E-state index contributed by atoms with van der Waals surface area (Å²) in [6.45, 7) is 6.31. The van der Waals surface area contributed by atoms with Gasteiger partial charge in [-0.1, -0.05) is 6.92 Å². The topological polar surface area (TPSA) is 52.6 Å². The number of carbonyl (C=O) groups is 1. The SMILES string of the molecule is CCN(CCCC(=O)O)C1CCNCC1. The van der Waals surface area contributed by atoms with Crippen molar-refractivity contribution in [2.45, 2.75) is 38.6 Å². The molecule has 0 unspecified atom stereocenters. The molecule has 1 heterocycles. The Hall–Kier alpha value is -0.610. The Bertz CT molecular complexity index is 191. The normalized spacial score (nSPS) is 18.3. The second-order valence-electron chi connectivity index (χ2n) is 4.11. The van der Waals surface area contributed by atoms with E-state index < -0.39 is 5.97 Å². The van der Waals surface area contributed by atoms with Gasteiger partial charge in [-0.2, -0.15) is 0 Å². The van der Waals surface area contributed by atoms with Crippen molar-refractivity contribution in [2.24, 2.45) is 0 Å². The van der Waals surface area contributed by atoms with Crippen molar-refractivity contribution in [1.82, 2.24) is 10.2 Å². The second kappa shape index (κ2) is 6.80. The van der Waals surface area contributed by atoms with Crippen LogP contribution < -0.4 is 5.32 Å². The maximum Gasteiger partial charge on any atom is 0.303 e. The number of carboxylic acids is 1. The van der Waals surface area contributed by atoms with E-state index in [1.807, 2.05) is 0 Å². The summed E-state index contributed by atoms with van der Waals surface area (Å²) < 4.78 is 0. The Labute approximate surface area is 91.6 Å². The minimum absolute atomic E-state index is 0.293. The van der Waals surface area contributed by atoms with Gasteiger partial charge in [0, 0.05) is 12.5 Å². The molecule has 0 aromatic carbocycles. The van der Waals surface area contributed by atoms with Crippen LogP contribution in [0, 0.1) is 0 Å². The molecule has 0 spiro atoms. The fourth-order valence-corrected chi connectivity index (χ4v) is 2.20. The lowest BCUT2D eigenvalue weighted by Crippen LogP contribution is -2.43. The van der Waals surface area contributed by atoms with E-state index in [9.17, 15) is 4.79 Å². The summed E-state index contributed by atoms with van der Waals surface area (Å²) >= 11 is 0. The fourth-order valence-electron chi connectivity index (χ4n) is 2.20. The van der Waals surface area contributed by atoms with Crippen LogP contribution in [0.25, 0.3) is 0 Å². The Morgan fingerprint density at radius 3 is 2.67 bits per heavy atom. The molecule has 0 aromatic heterocycles. The Morgan fingerprint density at radius 1 is 1.47 bits per heavy atom. The van der Waals surface area contributed by atoms with Gasteiger partial charge < -0.3 is 15.3 Å². The lowest BCUT2D eigenvalue weighted by atomic mass is 10.0. The van der Waals surface area contributed by atoms with Crippen LogP contribution in [0.1, 0.15) is 32.6 Å². The van der Waals surface area contributed by atoms with Gasteiger partial charge >= 0.3 is 5.97 Å². The van der Waals surface area contributed by atoms with Gasteiger partial charge in [-0.05, 0) is 45.4 Å². The average molecular weight is 214 g/mol. The Balaban J connectivity index is 2.24. The summed E-state index contributed by atoms with van der Waals surface area (Å²) in [6, 6.07) is 0.657. The van der Waals surface area contributed by atoms with E-state index >= 15 is 0 Å². The van der Waals surface area contributed by atoms with E-state index in [0.29, 0.717) is 12.5 Å². The molecule has 1 fully saturated rings. The highest BCUT2D eigenvalue weighted by Crippen LogP contribution is 2.12. The van der Waals surface area contributed by atoms with Crippen LogP contribution in [0.5, 0.6) is 0 Å². The molecule has 0 atom stereocenters. The van der Waals surface area contributed by atoms with E-state index in [1.165, 1.54) is 12.8 Å². The molecular weight excluding hydrogens is 192 g/mol. The monoisotopic (exact) mass is 214 g/mol. The zero-order valence-electron chi connectivity index (χ0n) is 9.54. The highest BCUT2D eigenvalue weighted by Gasteiger charge is 2.19. The lowest BCUT2D eigenvalue weighted by Gasteiger charge is -2.33. The molecule has 1 aliphatic rings. The zero-order valence-corrected chi connectivity index (χ0v) is 9.54. The Morgan fingerprint density at radius 2 is 2.13 bits per heavy atom. The first kappa shape index (κ1) is 12.5. The van der Waals surface area contributed by atoms with Gasteiger partial charge in [-0.15, -0.1) is 0 Å². The van der Waals surface area contributed by atoms with Crippen LogP contribution in [0.2, 0.25) is 0 Å². The summed E-state index contributed by atoms with van der Waals surface area (Å²) in [7, 11) is 0. The quantitative estimate of drug-likeness (QED) is 0.690. The van der Waals surface area contributed by atoms with Crippen LogP contribution in [-0.4, -0.2) is 48.2 Å². The molecule has 4 nitrogen and oxygen atoms in total. The first-order valence-corrected chi connectivity index (χ1v) is 5.90. The first-order chi connectivity index (χ1) is 7.24. The number of aliphatic carboxylic acids is 1. The molecule has 1 rings (SSSR count). The van der Waals surface area contributed by atoms with Crippen molar-refractivity contribution >= 4 is 5.97 Å². The molecule has 1 aliphatic heterocycles. The molecule has 0 amide bonds. The van der Waals surface area contributed by atoms with Crippen LogP contribution in [0.15, 0.2) is 0 Å². The molecule has 1 saturated heterocycles. The van der Waals surface area contributed by atoms with Crippen molar-refractivity contribution in [3.63, 3.8) is 0 Å². The molecular formula is C11H22N2O2. The van der Waals surface area contributed by atoms with Gasteiger partial charge in [0.15, 0.2) is 0 Å². The molecule has 0 bridgehead atoms.